The van der Waals surface area contributed by atoms with Gasteiger partial charge >= 0.3 is 0 Å². The minimum Gasteiger partial charge on any atom is -0.295 e. The molecule has 0 bridgehead atoms. The van der Waals surface area contributed by atoms with Crippen LogP contribution in [0.5, 0.6) is 0 Å². The lowest BCUT2D eigenvalue weighted by Crippen LogP contribution is -2.33. The highest BCUT2D eigenvalue weighted by Crippen LogP contribution is 2.48. The number of benzene rings is 1. The highest BCUT2D eigenvalue weighted by molar-refractivity contribution is 7.90. The summed E-state index contributed by atoms with van der Waals surface area (Å²) in [4.78, 5) is 11.4. The first-order valence-electron chi connectivity index (χ1n) is 9.19. The topological polar surface area (TPSA) is 77.2 Å². The van der Waals surface area contributed by atoms with Crippen LogP contribution < -0.4 is 5.14 Å². The predicted octanol–water partition coefficient (Wildman–Crippen LogP) is 3.64. The second-order valence-electron chi connectivity index (χ2n) is 7.89. The van der Waals surface area contributed by atoms with Gasteiger partial charge in [0, 0.05) is 11.0 Å². The molecule has 0 saturated heterocycles. The van der Waals surface area contributed by atoms with E-state index in [0.717, 1.165) is 18.4 Å². The Labute approximate surface area is 156 Å². The molecule has 2 unspecified atom stereocenters. The van der Waals surface area contributed by atoms with Gasteiger partial charge in [-0.15, -0.1) is 0 Å². The van der Waals surface area contributed by atoms with E-state index in [1.165, 1.54) is 18.4 Å². The summed E-state index contributed by atoms with van der Waals surface area (Å²) in [7, 11) is -3.57. The Morgan fingerprint density at radius 2 is 1.77 bits per heavy atom. The molecule has 1 saturated carbocycles. The molecule has 1 aromatic carbocycles. The Morgan fingerprint density at radius 1 is 1.15 bits per heavy atom. The minimum atomic E-state index is -3.57. The van der Waals surface area contributed by atoms with E-state index in [1.54, 1.807) is 19.1 Å². The number of Topliss-reactive ketones (excluding diaryl/α,β-unsaturated/α-hetero) is 1. The molecular formula is C21H27NO3S. The number of carbonyl (C=O) groups excluding carboxylic acids is 1. The van der Waals surface area contributed by atoms with E-state index >= 15 is 0 Å². The third-order valence-corrected chi connectivity index (χ3v) is 7.06. The number of carbonyl (C=O) groups is 1. The van der Waals surface area contributed by atoms with Crippen LogP contribution in [0.2, 0.25) is 0 Å². The largest absolute Gasteiger partial charge is 0.295 e. The molecule has 1 fully saturated rings. The number of nitrogens with two attached hydrogens (primary N) is 1. The third-order valence-electron chi connectivity index (χ3n) is 5.99. The van der Waals surface area contributed by atoms with Crippen LogP contribution in [-0.2, 0) is 16.4 Å². The molecule has 140 valence electrons. The van der Waals surface area contributed by atoms with E-state index < -0.39 is 15.3 Å². The zero-order chi connectivity index (χ0) is 18.9. The third kappa shape index (κ3) is 3.99. The van der Waals surface area contributed by atoms with Crippen LogP contribution >= 0.6 is 0 Å². The van der Waals surface area contributed by atoms with Gasteiger partial charge in [0.25, 0.3) is 0 Å². The van der Waals surface area contributed by atoms with Gasteiger partial charge in [0.1, 0.15) is 5.25 Å². The van der Waals surface area contributed by atoms with Gasteiger partial charge < -0.3 is 0 Å². The van der Waals surface area contributed by atoms with E-state index in [-0.39, 0.29) is 11.2 Å². The summed E-state index contributed by atoms with van der Waals surface area (Å²) in [6.45, 7) is 3.76. The van der Waals surface area contributed by atoms with Crippen molar-refractivity contribution in [3.8, 4) is 0 Å². The maximum atomic E-state index is 11.6. The molecule has 3 rings (SSSR count). The first-order valence-corrected chi connectivity index (χ1v) is 10.8. The Morgan fingerprint density at radius 3 is 2.31 bits per heavy atom. The number of hydrogen-bond donors (Lipinski definition) is 1. The fourth-order valence-corrected chi connectivity index (χ4v) is 5.06. The first kappa shape index (κ1) is 19.1. The van der Waals surface area contributed by atoms with Crippen LogP contribution in [0.15, 0.2) is 48.6 Å². The van der Waals surface area contributed by atoms with Crippen LogP contribution in [0.25, 0.3) is 0 Å². The molecule has 2 atom stereocenters. The van der Waals surface area contributed by atoms with Crippen molar-refractivity contribution >= 4 is 15.8 Å². The number of primary sulfonamides is 1. The Hall–Kier alpha value is -1.72. The summed E-state index contributed by atoms with van der Waals surface area (Å²) in [5, 5.41) is 4.55. The molecule has 2 aliphatic carbocycles. The Kier molecular flexibility index (Phi) is 5.22. The van der Waals surface area contributed by atoms with Gasteiger partial charge in [-0.25, -0.2) is 13.6 Å². The van der Waals surface area contributed by atoms with Crippen LogP contribution in [0.1, 0.15) is 49.0 Å². The van der Waals surface area contributed by atoms with Gasteiger partial charge in [-0.05, 0) is 43.6 Å². The molecule has 0 radical (unpaired) electrons. The predicted molar refractivity (Wildman–Crippen MR) is 104 cm³/mol. The summed E-state index contributed by atoms with van der Waals surface area (Å²) in [5.74, 6) is 1.11. The van der Waals surface area contributed by atoms with Crippen molar-refractivity contribution in [2.45, 2.75) is 44.8 Å². The second-order valence-corrected chi connectivity index (χ2v) is 9.61. The number of allylic oxidation sites excluding steroid dienone is 2. The normalized spacial score (nSPS) is 31.3. The van der Waals surface area contributed by atoms with Crippen LogP contribution in [-0.4, -0.2) is 19.5 Å². The molecule has 0 heterocycles. The maximum absolute atomic E-state index is 11.6. The molecule has 0 amide bonds. The molecule has 1 aromatic rings. The van der Waals surface area contributed by atoms with E-state index in [4.69, 9.17) is 5.14 Å². The number of hydrogen-bond acceptors (Lipinski definition) is 3. The number of sulfonamides is 1. The van der Waals surface area contributed by atoms with Crippen molar-refractivity contribution in [3.05, 3.63) is 59.7 Å². The quantitative estimate of drug-likeness (QED) is 0.632. The van der Waals surface area contributed by atoms with Crippen molar-refractivity contribution in [2.24, 2.45) is 22.4 Å². The van der Waals surface area contributed by atoms with Gasteiger partial charge in [0.15, 0.2) is 5.78 Å². The molecular weight excluding hydrogens is 346 g/mol. The summed E-state index contributed by atoms with van der Waals surface area (Å²) < 4.78 is 23.1. The zero-order valence-corrected chi connectivity index (χ0v) is 16.2. The number of rotatable bonds is 5. The van der Waals surface area contributed by atoms with Gasteiger partial charge in [0.05, 0.1) is 0 Å². The summed E-state index contributed by atoms with van der Waals surface area (Å²) >= 11 is 0. The van der Waals surface area contributed by atoms with Crippen LogP contribution in [0.3, 0.4) is 0 Å². The van der Waals surface area contributed by atoms with E-state index in [2.05, 4.69) is 19.1 Å². The van der Waals surface area contributed by atoms with Gasteiger partial charge in [-0.3, -0.25) is 4.79 Å². The highest BCUT2D eigenvalue weighted by Gasteiger charge is 2.40. The smallest absolute Gasteiger partial charge is 0.219 e. The fourth-order valence-electron chi connectivity index (χ4n) is 4.47. The molecule has 0 aliphatic heterocycles. The summed E-state index contributed by atoms with van der Waals surface area (Å²) in [6.07, 6.45) is 12.0. The van der Waals surface area contributed by atoms with Crippen molar-refractivity contribution in [2.75, 3.05) is 0 Å². The van der Waals surface area contributed by atoms with Crippen molar-refractivity contribution < 1.29 is 13.2 Å². The molecule has 2 N–H and O–H groups in total. The molecule has 5 heteroatoms. The maximum Gasteiger partial charge on any atom is 0.219 e. The Bertz CT molecular complexity index is 823. The SMILES string of the molecule is CC(=O)c1ccc(CC2CCCC2C2(C)C=CC(S(N)(=O)=O)C=C2)cc1. The second kappa shape index (κ2) is 7.12. The van der Waals surface area contributed by atoms with Crippen LogP contribution in [0, 0.1) is 17.3 Å². The lowest BCUT2D eigenvalue weighted by molar-refractivity contribution is 0.101. The van der Waals surface area contributed by atoms with Gasteiger partial charge in [0.2, 0.25) is 10.0 Å². The Balaban J connectivity index is 1.74. The number of ketones is 1. The van der Waals surface area contributed by atoms with E-state index in [1.807, 2.05) is 24.3 Å². The van der Waals surface area contributed by atoms with E-state index in [9.17, 15) is 13.2 Å². The molecule has 0 aromatic heterocycles. The standard InChI is InChI=1S/C21H27NO3S/c1-15(23)17-8-6-16(7-9-17)14-18-4-3-5-20(18)21(2)12-10-19(11-13-21)26(22,24)25/h6-13,18-20H,3-5,14H2,1-2H3,(H2,22,24,25). The van der Waals surface area contributed by atoms with Crippen molar-refractivity contribution in [3.63, 3.8) is 0 Å². The van der Waals surface area contributed by atoms with Crippen molar-refractivity contribution in [1.82, 2.24) is 0 Å². The zero-order valence-electron chi connectivity index (χ0n) is 15.4. The molecule has 4 nitrogen and oxygen atoms in total. The molecule has 2 aliphatic rings. The van der Waals surface area contributed by atoms with Crippen LogP contribution in [0.4, 0.5) is 0 Å². The lowest BCUT2D eigenvalue weighted by Gasteiger charge is -2.36. The van der Waals surface area contributed by atoms with Gasteiger partial charge in [-0.1, -0.05) is 61.9 Å². The highest BCUT2D eigenvalue weighted by atomic mass is 32.2. The summed E-state index contributed by atoms with van der Waals surface area (Å²) in [5.41, 5.74) is 1.86. The first-order chi connectivity index (χ1) is 12.2. The molecule has 26 heavy (non-hydrogen) atoms. The van der Waals surface area contributed by atoms with Crippen molar-refractivity contribution in [1.29, 1.82) is 0 Å². The molecule has 0 spiro atoms. The average Bonchev–Trinajstić information content (AvgIpc) is 3.04. The fraction of sp³-hybridized carbons (Fsp3) is 0.476. The lowest BCUT2D eigenvalue weighted by atomic mass is 9.69. The minimum absolute atomic E-state index is 0.0877. The monoisotopic (exact) mass is 373 g/mol. The van der Waals surface area contributed by atoms with Gasteiger partial charge in [-0.2, -0.15) is 0 Å². The average molecular weight is 374 g/mol. The summed E-state index contributed by atoms with van der Waals surface area (Å²) in [6, 6.07) is 7.91. The van der Waals surface area contributed by atoms with E-state index in [0.29, 0.717) is 11.8 Å².